The normalized spacial score (nSPS) is 15.0. The van der Waals surface area contributed by atoms with Crippen LogP contribution in [-0.2, 0) is 6.42 Å². The molecule has 0 saturated heterocycles. The van der Waals surface area contributed by atoms with E-state index in [1.54, 1.807) is 6.07 Å². The average Bonchev–Trinajstić information content (AvgIpc) is 3.02. The summed E-state index contributed by atoms with van der Waals surface area (Å²) < 4.78 is 5.16. The van der Waals surface area contributed by atoms with E-state index < -0.39 is 0 Å². The third-order valence-electron chi connectivity index (χ3n) is 4.07. The Hall–Kier alpha value is -3.38. The Morgan fingerprint density at radius 2 is 2.08 bits per heavy atom. The molecule has 118 valence electrons. The van der Waals surface area contributed by atoms with Gasteiger partial charge in [0.1, 0.15) is 6.07 Å². The predicted octanol–water partition coefficient (Wildman–Crippen LogP) is 2.25. The first-order valence-electron chi connectivity index (χ1n) is 7.44. The van der Waals surface area contributed by atoms with Crippen molar-refractivity contribution in [2.24, 2.45) is 0 Å². The molecule has 0 bridgehead atoms. The number of nitrogens with zero attached hydrogens (tertiary/aromatic N) is 3. The smallest absolute Gasteiger partial charge is 0.274 e. The molecular weight excluding hydrogens is 304 g/mol. The Kier molecular flexibility index (Phi) is 4.13. The van der Waals surface area contributed by atoms with Gasteiger partial charge >= 0.3 is 0 Å². The van der Waals surface area contributed by atoms with E-state index in [0.29, 0.717) is 11.1 Å². The van der Waals surface area contributed by atoms with Gasteiger partial charge in [-0.3, -0.25) is 4.79 Å². The number of rotatable bonds is 3. The molecule has 24 heavy (non-hydrogen) atoms. The number of carbonyl (C=O) groups excluding carboxylic acids is 1. The fourth-order valence-corrected chi connectivity index (χ4v) is 2.90. The summed E-state index contributed by atoms with van der Waals surface area (Å²) in [5, 5.41) is 20.8. The molecule has 1 atom stereocenters. The second-order valence-electron chi connectivity index (χ2n) is 5.48. The Bertz CT molecular complexity index is 893. The lowest BCUT2D eigenvalue weighted by Gasteiger charge is -2.15. The molecule has 1 N–H and O–H groups in total. The van der Waals surface area contributed by atoms with Crippen LogP contribution in [-0.4, -0.2) is 18.0 Å². The van der Waals surface area contributed by atoms with Gasteiger partial charge < -0.3 is 10.1 Å². The number of aromatic nitrogens is 1. The van der Waals surface area contributed by atoms with Gasteiger partial charge in [0.2, 0.25) is 0 Å². The topological polar surface area (TPSA) is 98.8 Å². The van der Waals surface area contributed by atoms with Crippen molar-refractivity contribution in [2.75, 3.05) is 7.11 Å². The minimum atomic E-state index is -0.349. The van der Waals surface area contributed by atoms with Crippen molar-refractivity contribution in [1.82, 2.24) is 10.3 Å². The van der Waals surface area contributed by atoms with Gasteiger partial charge in [-0.1, -0.05) is 6.07 Å². The maximum Gasteiger partial charge on any atom is 0.274 e. The monoisotopic (exact) mass is 318 g/mol. The molecule has 2 aromatic rings. The van der Waals surface area contributed by atoms with Gasteiger partial charge in [-0.05, 0) is 36.1 Å². The van der Waals surface area contributed by atoms with Crippen molar-refractivity contribution in [2.45, 2.75) is 18.9 Å². The summed E-state index contributed by atoms with van der Waals surface area (Å²) in [7, 11) is 1.43. The number of nitrogens with one attached hydrogen (secondary N) is 1. The van der Waals surface area contributed by atoms with Crippen LogP contribution in [0.3, 0.4) is 0 Å². The minimum absolute atomic E-state index is 0.123. The predicted molar refractivity (Wildman–Crippen MR) is 85.2 cm³/mol. The summed E-state index contributed by atoms with van der Waals surface area (Å²) in [6.45, 7) is 0. The van der Waals surface area contributed by atoms with E-state index in [1.807, 2.05) is 18.2 Å². The number of nitriles is 2. The number of hydrogen-bond donors (Lipinski definition) is 1. The van der Waals surface area contributed by atoms with Gasteiger partial charge in [0, 0.05) is 12.3 Å². The van der Waals surface area contributed by atoms with Crippen LogP contribution in [0.5, 0.6) is 5.75 Å². The highest BCUT2D eigenvalue weighted by Gasteiger charge is 2.26. The second kappa shape index (κ2) is 6.39. The van der Waals surface area contributed by atoms with E-state index in [1.165, 1.54) is 19.4 Å². The molecule has 0 aliphatic heterocycles. The molecule has 0 radical (unpaired) electrons. The molecule has 3 rings (SSSR count). The SMILES string of the molecule is COc1cc(C#N)cnc1C(=O)NC1CCc2cc(C#N)ccc21. The van der Waals surface area contributed by atoms with Crippen LogP contribution in [0.1, 0.15) is 45.2 Å². The zero-order valence-corrected chi connectivity index (χ0v) is 13.0. The van der Waals surface area contributed by atoms with Crippen molar-refractivity contribution in [3.63, 3.8) is 0 Å². The van der Waals surface area contributed by atoms with Gasteiger partial charge in [-0.15, -0.1) is 0 Å². The van der Waals surface area contributed by atoms with Gasteiger partial charge in [-0.25, -0.2) is 4.98 Å². The quantitative estimate of drug-likeness (QED) is 0.935. The van der Waals surface area contributed by atoms with Crippen molar-refractivity contribution in [3.05, 3.63) is 58.4 Å². The maximum absolute atomic E-state index is 12.5. The molecule has 1 aromatic heterocycles. The van der Waals surface area contributed by atoms with Crippen molar-refractivity contribution in [1.29, 1.82) is 10.5 Å². The minimum Gasteiger partial charge on any atom is -0.494 e. The van der Waals surface area contributed by atoms with Crippen LogP contribution in [0.2, 0.25) is 0 Å². The third-order valence-corrected chi connectivity index (χ3v) is 4.07. The highest BCUT2D eigenvalue weighted by Crippen LogP contribution is 2.32. The molecule has 0 saturated carbocycles. The van der Waals surface area contributed by atoms with Crippen molar-refractivity contribution < 1.29 is 9.53 Å². The summed E-state index contributed by atoms with van der Waals surface area (Å²) >= 11 is 0. The zero-order valence-electron chi connectivity index (χ0n) is 13.0. The van der Waals surface area contributed by atoms with Crippen LogP contribution in [0, 0.1) is 22.7 Å². The first kappa shape index (κ1) is 15.5. The van der Waals surface area contributed by atoms with E-state index >= 15 is 0 Å². The molecule has 6 nitrogen and oxygen atoms in total. The summed E-state index contributed by atoms with van der Waals surface area (Å²) in [6.07, 6.45) is 2.93. The Labute approximate surface area is 139 Å². The van der Waals surface area contributed by atoms with Crippen LogP contribution >= 0.6 is 0 Å². The van der Waals surface area contributed by atoms with Crippen LogP contribution in [0.25, 0.3) is 0 Å². The molecule has 1 aromatic carbocycles. The van der Waals surface area contributed by atoms with Crippen LogP contribution < -0.4 is 10.1 Å². The number of fused-ring (bicyclic) bond motifs is 1. The molecule has 1 aliphatic rings. The van der Waals surface area contributed by atoms with E-state index in [4.69, 9.17) is 15.3 Å². The number of hydrogen-bond acceptors (Lipinski definition) is 5. The molecule has 1 aliphatic carbocycles. The summed E-state index contributed by atoms with van der Waals surface area (Å²) in [4.78, 5) is 16.6. The first-order valence-corrected chi connectivity index (χ1v) is 7.44. The second-order valence-corrected chi connectivity index (χ2v) is 5.48. The summed E-state index contributed by atoms with van der Waals surface area (Å²) in [5.41, 5.74) is 3.21. The van der Waals surface area contributed by atoms with Crippen LogP contribution in [0.15, 0.2) is 30.5 Å². The van der Waals surface area contributed by atoms with E-state index in [-0.39, 0.29) is 23.4 Å². The lowest BCUT2D eigenvalue weighted by atomic mass is 10.1. The molecule has 0 fully saturated rings. The van der Waals surface area contributed by atoms with Gasteiger partial charge in [0.15, 0.2) is 11.4 Å². The molecule has 1 heterocycles. The Balaban J connectivity index is 1.83. The summed E-state index contributed by atoms with van der Waals surface area (Å²) in [6, 6.07) is 11.0. The lowest BCUT2D eigenvalue weighted by molar-refractivity contribution is 0.0928. The number of methoxy groups -OCH3 is 1. The maximum atomic E-state index is 12.5. The van der Waals surface area contributed by atoms with Gasteiger partial charge in [-0.2, -0.15) is 10.5 Å². The summed E-state index contributed by atoms with van der Waals surface area (Å²) in [5.74, 6) is -0.0804. The lowest BCUT2D eigenvalue weighted by Crippen LogP contribution is -2.28. The number of carbonyl (C=O) groups is 1. The van der Waals surface area contributed by atoms with Gasteiger partial charge in [0.05, 0.1) is 30.3 Å². The van der Waals surface area contributed by atoms with Crippen molar-refractivity contribution in [3.8, 4) is 17.9 Å². The highest BCUT2D eigenvalue weighted by atomic mass is 16.5. The number of amides is 1. The van der Waals surface area contributed by atoms with E-state index in [2.05, 4.69) is 16.4 Å². The Morgan fingerprint density at radius 3 is 2.79 bits per heavy atom. The standard InChI is InChI=1S/C18H14N4O2/c1-24-16-7-12(9-20)10-21-17(16)18(23)22-15-5-3-13-6-11(8-19)2-4-14(13)15/h2,4,6-7,10,15H,3,5H2,1H3,(H,22,23). The van der Waals surface area contributed by atoms with Crippen LogP contribution in [0.4, 0.5) is 0 Å². The highest BCUT2D eigenvalue weighted by molar-refractivity contribution is 5.95. The first-order chi connectivity index (χ1) is 11.7. The fourth-order valence-electron chi connectivity index (χ4n) is 2.90. The number of benzene rings is 1. The number of ether oxygens (including phenoxy) is 1. The van der Waals surface area contributed by atoms with E-state index in [0.717, 1.165) is 24.0 Å². The molecule has 0 spiro atoms. The fraction of sp³-hybridized carbons (Fsp3) is 0.222. The zero-order chi connectivity index (χ0) is 17.1. The number of aryl methyl sites for hydroxylation is 1. The van der Waals surface area contributed by atoms with E-state index in [9.17, 15) is 4.79 Å². The molecule has 6 heteroatoms. The molecular formula is C18H14N4O2. The Morgan fingerprint density at radius 1 is 1.29 bits per heavy atom. The average molecular weight is 318 g/mol. The third kappa shape index (κ3) is 2.78. The largest absolute Gasteiger partial charge is 0.494 e. The molecule has 1 amide bonds. The van der Waals surface area contributed by atoms with Gasteiger partial charge in [0.25, 0.3) is 5.91 Å². The number of pyridine rings is 1. The molecule has 1 unspecified atom stereocenters. The van der Waals surface area contributed by atoms with Crippen molar-refractivity contribution >= 4 is 5.91 Å².